The zero-order chi connectivity index (χ0) is 18.6. The summed E-state index contributed by atoms with van der Waals surface area (Å²) in [4.78, 5) is 16.8. The molecule has 2 aromatic rings. The molecule has 4 rings (SSSR count). The zero-order valence-corrected chi connectivity index (χ0v) is 15.5. The van der Waals surface area contributed by atoms with E-state index in [1.165, 1.54) is 5.69 Å². The summed E-state index contributed by atoms with van der Waals surface area (Å²) in [6.45, 7) is 4.99. The molecule has 1 saturated heterocycles. The van der Waals surface area contributed by atoms with Crippen molar-refractivity contribution < 1.29 is 19.0 Å². The minimum atomic E-state index is -0.0378. The highest BCUT2D eigenvalue weighted by Gasteiger charge is 2.18. The monoisotopic (exact) mass is 368 g/mol. The molecule has 0 spiro atoms. The molecule has 6 nitrogen and oxygen atoms in total. The van der Waals surface area contributed by atoms with Crippen LogP contribution >= 0.6 is 0 Å². The molecule has 0 radical (unpaired) electrons. The van der Waals surface area contributed by atoms with Gasteiger partial charge in [-0.2, -0.15) is 0 Å². The van der Waals surface area contributed by atoms with Crippen LogP contribution in [0.5, 0.6) is 11.5 Å². The molecule has 1 amide bonds. The fraction of sp³-hybridized carbons (Fsp3) is 0.381. The fourth-order valence-corrected chi connectivity index (χ4v) is 3.38. The van der Waals surface area contributed by atoms with Crippen LogP contribution in [-0.4, -0.2) is 57.4 Å². The van der Waals surface area contributed by atoms with E-state index in [1.54, 1.807) is 23.1 Å². The molecule has 0 aromatic heterocycles. The number of rotatable bonds is 4. The average molecular weight is 368 g/mol. The van der Waals surface area contributed by atoms with Gasteiger partial charge in [0.15, 0.2) is 11.5 Å². The first kappa shape index (κ1) is 17.7. The largest absolute Gasteiger partial charge is 0.486 e. The van der Waals surface area contributed by atoms with Crippen LogP contribution in [0.4, 0.5) is 5.69 Å². The number of fused-ring (bicyclic) bond motifs is 1. The molecular weight excluding hydrogens is 344 g/mol. The number of carbonyl (C=O) groups is 1. The Kier molecular flexibility index (Phi) is 5.16. The molecule has 27 heavy (non-hydrogen) atoms. The first-order chi connectivity index (χ1) is 13.2. The molecule has 1 fully saturated rings. The maximum Gasteiger partial charge on any atom is 0.254 e. The maximum atomic E-state index is 12.8. The number of morpholine rings is 1. The molecule has 0 unspecified atom stereocenters. The highest BCUT2D eigenvalue weighted by molar-refractivity contribution is 5.94. The lowest BCUT2D eigenvalue weighted by Crippen LogP contribution is -2.36. The molecule has 6 heteroatoms. The molecule has 0 N–H and O–H groups in total. The van der Waals surface area contributed by atoms with E-state index in [1.807, 2.05) is 7.05 Å². The fourth-order valence-electron chi connectivity index (χ4n) is 3.38. The number of nitrogens with zero attached hydrogens (tertiary/aromatic N) is 2. The van der Waals surface area contributed by atoms with E-state index >= 15 is 0 Å². The van der Waals surface area contributed by atoms with E-state index < -0.39 is 0 Å². The van der Waals surface area contributed by atoms with Crippen molar-refractivity contribution in [2.75, 3.05) is 51.5 Å². The lowest BCUT2D eigenvalue weighted by molar-refractivity contribution is 0.0784. The van der Waals surface area contributed by atoms with E-state index in [9.17, 15) is 4.79 Å². The standard InChI is InChI=1S/C21H24N2O4/c1-22(21(24)17-4-7-19-20(14-17)27-13-12-26-19)15-16-2-5-18(6-3-16)23-8-10-25-11-9-23/h2-7,14H,8-13,15H2,1H3. The van der Waals surface area contributed by atoms with Crippen LogP contribution in [0.1, 0.15) is 15.9 Å². The summed E-state index contributed by atoms with van der Waals surface area (Å²) in [5.41, 5.74) is 2.90. The van der Waals surface area contributed by atoms with Crippen molar-refractivity contribution in [1.29, 1.82) is 0 Å². The molecule has 2 aromatic carbocycles. The van der Waals surface area contributed by atoms with Gasteiger partial charge in [-0.15, -0.1) is 0 Å². The number of ether oxygens (including phenoxy) is 3. The number of hydrogen-bond acceptors (Lipinski definition) is 5. The van der Waals surface area contributed by atoms with Gasteiger partial charge in [0.2, 0.25) is 0 Å². The molecule has 2 aliphatic heterocycles. The number of carbonyl (C=O) groups excluding carboxylic acids is 1. The van der Waals surface area contributed by atoms with Gasteiger partial charge in [-0.05, 0) is 35.9 Å². The van der Waals surface area contributed by atoms with Crippen LogP contribution in [0.25, 0.3) is 0 Å². The molecule has 0 atom stereocenters. The Morgan fingerprint density at radius 3 is 2.41 bits per heavy atom. The van der Waals surface area contributed by atoms with Gasteiger partial charge in [0, 0.05) is 37.9 Å². The Morgan fingerprint density at radius 2 is 1.67 bits per heavy atom. The van der Waals surface area contributed by atoms with Crippen LogP contribution in [0.15, 0.2) is 42.5 Å². The molecule has 0 bridgehead atoms. The van der Waals surface area contributed by atoms with Crippen LogP contribution in [0, 0.1) is 0 Å². The summed E-state index contributed by atoms with van der Waals surface area (Å²) in [5.74, 6) is 1.29. The third-order valence-electron chi connectivity index (χ3n) is 4.87. The minimum Gasteiger partial charge on any atom is -0.486 e. The summed E-state index contributed by atoms with van der Waals surface area (Å²) in [7, 11) is 1.81. The second-order valence-electron chi connectivity index (χ2n) is 6.79. The molecule has 0 aliphatic carbocycles. The lowest BCUT2D eigenvalue weighted by atomic mass is 10.1. The Morgan fingerprint density at radius 1 is 0.963 bits per heavy atom. The smallest absolute Gasteiger partial charge is 0.254 e. The zero-order valence-electron chi connectivity index (χ0n) is 15.5. The van der Waals surface area contributed by atoms with Gasteiger partial charge >= 0.3 is 0 Å². The quantitative estimate of drug-likeness (QED) is 0.830. The highest BCUT2D eigenvalue weighted by atomic mass is 16.6. The van der Waals surface area contributed by atoms with Crippen molar-refractivity contribution in [1.82, 2.24) is 4.90 Å². The Hall–Kier alpha value is -2.73. The van der Waals surface area contributed by atoms with Crippen molar-refractivity contribution in [3.63, 3.8) is 0 Å². The highest BCUT2D eigenvalue weighted by Crippen LogP contribution is 2.31. The van der Waals surface area contributed by atoms with Gasteiger partial charge in [0.05, 0.1) is 13.2 Å². The summed E-state index contributed by atoms with van der Waals surface area (Å²) >= 11 is 0. The summed E-state index contributed by atoms with van der Waals surface area (Å²) in [6.07, 6.45) is 0. The van der Waals surface area contributed by atoms with E-state index in [0.29, 0.717) is 36.8 Å². The Labute approximate surface area is 159 Å². The normalized spacial score (nSPS) is 16.1. The predicted octanol–water partition coefficient (Wildman–Crippen LogP) is 2.57. The van der Waals surface area contributed by atoms with Crippen LogP contribution < -0.4 is 14.4 Å². The second kappa shape index (κ2) is 7.88. The van der Waals surface area contributed by atoms with Gasteiger partial charge in [-0.1, -0.05) is 12.1 Å². The average Bonchev–Trinajstić information content (AvgIpc) is 2.74. The Bertz CT molecular complexity index is 800. The van der Waals surface area contributed by atoms with Gasteiger partial charge < -0.3 is 24.0 Å². The first-order valence-electron chi connectivity index (χ1n) is 9.27. The van der Waals surface area contributed by atoms with Crippen molar-refractivity contribution in [3.05, 3.63) is 53.6 Å². The van der Waals surface area contributed by atoms with Crippen molar-refractivity contribution in [3.8, 4) is 11.5 Å². The van der Waals surface area contributed by atoms with E-state index in [-0.39, 0.29) is 5.91 Å². The number of hydrogen-bond donors (Lipinski definition) is 0. The van der Waals surface area contributed by atoms with Crippen molar-refractivity contribution in [2.45, 2.75) is 6.54 Å². The lowest BCUT2D eigenvalue weighted by Gasteiger charge is -2.29. The first-order valence-corrected chi connectivity index (χ1v) is 9.27. The molecule has 2 aliphatic rings. The molecule has 2 heterocycles. The van der Waals surface area contributed by atoms with Crippen LogP contribution in [0.2, 0.25) is 0 Å². The van der Waals surface area contributed by atoms with Gasteiger partial charge in [-0.3, -0.25) is 4.79 Å². The Balaban J connectivity index is 1.40. The van der Waals surface area contributed by atoms with E-state index in [2.05, 4.69) is 29.2 Å². The van der Waals surface area contributed by atoms with Gasteiger partial charge in [-0.25, -0.2) is 0 Å². The summed E-state index contributed by atoms with van der Waals surface area (Å²) < 4.78 is 16.5. The predicted molar refractivity (Wildman–Crippen MR) is 103 cm³/mol. The summed E-state index contributed by atoms with van der Waals surface area (Å²) in [6, 6.07) is 13.7. The van der Waals surface area contributed by atoms with Crippen molar-refractivity contribution in [2.24, 2.45) is 0 Å². The topological polar surface area (TPSA) is 51.2 Å². The molecule has 142 valence electrons. The van der Waals surface area contributed by atoms with E-state index in [4.69, 9.17) is 14.2 Å². The summed E-state index contributed by atoms with van der Waals surface area (Å²) in [5, 5.41) is 0. The third-order valence-corrected chi connectivity index (χ3v) is 4.87. The number of anilines is 1. The minimum absolute atomic E-state index is 0.0378. The second-order valence-corrected chi connectivity index (χ2v) is 6.79. The SMILES string of the molecule is CN(Cc1ccc(N2CCOCC2)cc1)C(=O)c1ccc2c(c1)OCCO2. The van der Waals surface area contributed by atoms with Crippen LogP contribution in [0.3, 0.4) is 0 Å². The van der Waals surface area contributed by atoms with E-state index in [0.717, 1.165) is 31.9 Å². The van der Waals surface area contributed by atoms with Crippen LogP contribution in [-0.2, 0) is 11.3 Å². The number of amides is 1. The third kappa shape index (κ3) is 4.01. The van der Waals surface area contributed by atoms with Gasteiger partial charge in [0.25, 0.3) is 5.91 Å². The number of benzene rings is 2. The maximum absolute atomic E-state index is 12.8. The van der Waals surface area contributed by atoms with Crippen molar-refractivity contribution >= 4 is 11.6 Å². The molecule has 0 saturated carbocycles. The molecular formula is C21H24N2O4. The van der Waals surface area contributed by atoms with Gasteiger partial charge in [0.1, 0.15) is 13.2 Å².